The van der Waals surface area contributed by atoms with Crippen molar-refractivity contribution in [3.8, 4) is 0 Å². The number of ketones is 1. The van der Waals surface area contributed by atoms with Crippen molar-refractivity contribution >= 4 is 54.6 Å². The molecule has 2 aromatic rings. The number of hydrogen-bond donors (Lipinski definition) is 2. The maximum Gasteiger partial charge on any atom is 0.324 e. The Morgan fingerprint density at radius 2 is 1.04 bits per heavy atom. The minimum absolute atomic E-state index is 0.0516. The zero-order valence-electron chi connectivity index (χ0n) is 26.6. The number of nitrogens with two attached hydrogens (primary N) is 1. The molecule has 252 valence electrons. The first kappa shape index (κ1) is 39.2. The summed E-state index contributed by atoms with van der Waals surface area (Å²) >= 11 is 11.4. The van der Waals surface area contributed by atoms with Gasteiger partial charge in [0.15, 0.2) is 30.2 Å². The van der Waals surface area contributed by atoms with Crippen molar-refractivity contribution in [2.45, 2.75) is 124 Å². The molecule has 45 heavy (non-hydrogen) atoms. The van der Waals surface area contributed by atoms with E-state index in [-0.39, 0.29) is 15.6 Å². The molecule has 0 aliphatic heterocycles. The van der Waals surface area contributed by atoms with Gasteiger partial charge in [0, 0.05) is 22.5 Å². The van der Waals surface area contributed by atoms with E-state index < -0.39 is 35.1 Å². The fourth-order valence-corrected chi connectivity index (χ4v) is 8.15. The molecule has 0 amide bonds. The Morgan fingerprint density at radius 1 is 0.689 bits per heavy atom. The largest absolute Gasteiger partial charge is 0.480 e. The Hall–Kier alpha value is -1.98. The average Bonchev–Trinajstić information content (AvgIpc) is 2.99. The van der Waals surface area contributed by atoms with Crippen LogP contribution in [0.2, 0.25) is 10.0 Å². The Morgan fingerprint density at radius 3 is 1.38 bits per heavy atom. The second-order valence-corrected chi connectivity index (χ2v) is 18.6. The van der Waals surface area contributed by atoms with Gasteiger partial charge in [-0.2, -0.15) is 0 Å². The van der Waals surface area contributed by atoms with Gasteiger partial charge in [-0.25, -0.2) is 16.8 Å². The van der Waals surface area contributed by atoms with E-state index in [0.717, 1.165) is 39.5 Å². The molecule has 0 radical (unpaired) electrons. The van der Waals surface area contributed by atoms with Crippen LogP contribution in [0.5, 0.6) is 0 Å². The number of carbonyl (C=O) groups is 2. The standard InChI is InChI=1S/C17H23ClO3S.C10H11ClO4S.C6H13N/c1-17(2,16(19)12-13-6-4-3-5-7-13)22(20,21)15-10-8-14(18)9-11-15;1-10(2,9(12)13)16(14,15)8-5-3-7(11)4-6-8;7-6-4-2-1-3-5-6/h8-11,13H,3-7,12H2,1-2H3;3-6H,1-2H3,(H,12,13);6H,1-5,7H2. The summed E-state index contributed by atoms with van der Waals surface area (Å²) in [6, 6.07) is 11.9. The molecule has 0 aromatic heterocycles. The number of aliphatic carboxylic acids is 1. The average molecular weight is 705 g/mol. The second kappa shape index (κ2) is 16.7. The molecule has 4 rings (SSSR count). The minimum atomic E-state index is -3.91. The zero-order valence-corrected chi connectivity index (χ0v) is 29.7. The minimum Gasteiger partial charge on any atom is -0.480 e. The molecule has 3 N–H and O–H groups in total. The fourth-order valence-electron chi connectivity index (χ4n) is 5.11. The number of Topliss-reactive ketones (excluding diaryl/α,β-unsaturated/α-hetero) is 1. The first-order valence-corrected chi connectivity index (χ1v) is 19.1. The summed E-state index contributed by atoms with van der Waals surface area (Å²) in [6.45, 7) is 5.34. The molecule has 12 heteroatoms. The van der Waals surface area contributed by atoms with E-state index in [2.05, 4.69) is 0 Å². The molecule has 2 aliphatic rings. The molecule has 0 heterocycles. The van der Waals surface area contributed by atoms with Gasteiger partial charge in [0.1, 0.15) is 4.75 Å². The molecule has 0 unspecified atom stereocenters. The van der Waals surface area contributed by atoms with E-state index in [1.54, 1.807) is 0 Å². The van der Waals surface area contributed by atoms with E-state index >= 15 is 0 Å². The van der Waals surface area contributed by atoms with Gasteiger partial charge in [0.25, 0.3) is 0 Å². The maximum absolute atomic E-state index is 12.8. The first-order chi connectivity index (χ1) is 20.8. The number of benzene rings is 2. The Bertz CT molecular complexity index is 1480. The van der Waals surface area contributed by atoms with Crippen molar-refractivity contribution in [2.24, 2.45) is 11.7 Å². The lowest BCUT2D eigenvalue weighted by atomic mass is 9.84. The molecular weight excluding hydrogens is 657 g/mol. The molecule has 2 fully saturated rings. The molecular formula is C33H47Cl2NO7S2. The monoisotopic (exact) mass is 703 g/mol. The van der Waals surface area contributed by atoms with E-state index in [9.17, 15) is 26.4 Å². The number of halogens is 2. The number of hydrogen-bond acceptors (Lipinski definition) is 7. The van der Waals surface area contributed by atoms with Crippen LogP contribution in [0.3, 0.4) is 0 Å². The molecule has 2 aromatic carbocycles. The van der Waals surface area contributed by atoms with Gasteiger partial charge in [-0.05, 0) is 95.0 Å². The molecule has 0 atom stereocenters. The third-order valence-corrected chi connectivity index (χ3v) is 14.0. The molecule has 8 nitrogen and oxygen atoms in total. The van der Waals surface area contributed by atoms with Crippen LogP contribution in [0.4, 0.5) is 0 Å². The summed E-state index contributed by atoms with van der Waals surface area (Å²) in [5, 5.41) is 9.76. The van der Waals surface area contributed by atoms with Gasteiger partial charge >= 0.3 is 5.97 Å². The first-order valence-electron chi connectivity index (χ1n) is 15.4. The summed E-state index contributed by atoms with van der Waals surface area (Å²) in [4.78, 5) is 23.6. The van der Waals surface area contributed by atoms with Crippen LogP contribution in [0.15, 0.2) is 58.3 Å². The number of sulfone groups is 2. The molecule has 0 bridgehead atoms. The Kier molecular flexibility index (Phi) is 14.6. The topological polar surface area (TPSA) is 149 Å². The van der Waals surface area contributed by atoms with Crippen LogP contribution in [-0.2, 0) is 29.3 Å². The van der Waals surface area contributed by atoms with E-state index in [0.29, 0.717) is 28.4 Å². The third kappa shape index (κ3) is 10.5. The second-order valence-electron chi connectivity index (χ2n) is 12.8. The van der Waals surface area contributed by atoms with E-state index in [1.807, 2.05) is 0 Å². The fraction of sp³-hybridized carbons (Fsp3) is 0.576. The number of carboxylic acid groups (broad SMARTS) is 1. The van der Waals surface area contributed by atoms with Gasteiger partial charge in [0.2, 0.25) is 0 Å². The quantitative estimate of drug-likeness (QED) is 0.284. The smallest absolute Gasteiger partial charge is 0.324 e. The van der Waals surface area contributed by atoms with Crippen molar-refractivity contribution < 1.29 is 31.5 Å². The molecule has 2 saturated carbocycles. The van der Waals surface area contributed by atoms with Crippen molar-refractivity contribution in [3.63, 3.8) is 0 Å². The van der Waals surface area contributed by atoms with E-state index in [1.165, 1.54) is 101 Å². The predicted octanol–water partition coefficient (Wildman–Crippen LogP) is 7.69. The van der Waals surface area contributed by atoms with Crippen LogP contribution in [-0.4, -0.2) is 49.2 Å². The summed E-state index contributed by atoms with van der Waals surface area (Å²) < 4.78 is 46.3. The molecule has 0 saturated heterocycles. The van der Waals surface area contributed by atoms with Crippen LogP contribution in [0.1, 0.15) is 98.3 Å². The lowest BCUT2D eigenvalue weighted by molar-refractivity contribution is -0.139. The number of rotatable bonds is 8. The molecule has 2 aliphatic carbocycles. The Labute approximate surface area is 278 Å². The van der Waals surface area contributed by atoms with Gasteiger partial charge in [-0.15, -0.1) is 0 Å². The van der Waals surface area contributed by atoms with Crippen molar-refractivity contribution in [1.29, 1.82) is 0 Å². The van der Waals surface area contributed by atoms with Crippen molar-refractivity contribution in [3.05, 3.63) is 58.6 Å². The summed E-state index contributed by atoms with van der Waals surface area (Å²) in [7, 11) is -7.63. The zero-order chi connectivity index (χ0) is 34.1. The van der Waals surface area contributed by atoms with Crippen LogP contribution in [0, 0.1) is 5.92 Å². The predicted molar refractivity (Wildman–Crippen MR) is 180 cm³/mol. The highest BCUT2D eigenvalue weighted by Gasteiger charge is 2.44. The highest BCUT2D eigenvalue weighted by Crippen LogP contribution is 2.33. The summed E-state index contributed by atoms with van der Waals surface area (Å²) in [5.74, 6) is -1.24. The third-order valence-electron chi connectivity index (χ3n) is 8.63. The van der Waals surface area contributed by atoms with Gasteiger partial charge in [0.05, 0.1) is 9.79 Å². The van der Waals surface area contributed by atoms with E-state index in [4.69, 9.17) is 34.0 Å². The lowest BCUT2D eigenvalue weighted by Gasteiger charge is -2.27. The SMILES string of the molecule is CC(C)(C(=O)CC1CCCCC1)S(=O)(=O)c1ccc(Cl)cc1.CC(C)(C(=O)O)S(=O)(=O)c1ccc(Cl)cc1.NC1CCCCC1. The van der Waals surface area contributed by atoms with Crippen LogP contribution in [0.25, 0.3) is 0 Å². The lowest BCUT2D eigenvalue weighted by Crippen LogP contribution is -2.41. The van der Waals surface area contributed by atoms with Gasteiger partial charge in [-0.1, -0.05) is 74.6 Å². The van der Waals surface area contributed by atoms with Crippen LogP contribution < -0.4 is 5.73 Å². The number of carbonyl (C=O) groups excluding carboxylic acids is 1. The molecule has 0 spiro atoms. The van der Waals surface area contributed by atoms with Crippen molar-refractivity contribution in [2.75, 3.05) is 0 Å². The summed E-state index contributed by atoms with van der Waals surface area (Å²) in [5.41, 5.74) is 5.63. The van der Waals surface area contributed by atoms with Gasteiger partial charge in [-0.3, -0.25) is 9.59 Å². The Balaban J connectivity index is 0.000000266. The maximum atomic E-state index is 12.8. The van der Waals surface area contributed by atoms with Crippen molar-refractivity contribution in [1.82, 2.24) is 0 Å². The van der Waals surface area contributed by atoms with Gasteiger partial charge < -0.3 is 10.8 Å². The number of carboxylic acids is 1. The highest BCUT2D eigenvalue weighted by atomic mass is 35.5. The highest BCUT2D eigenvalue weighted by molar-refractivity contribution is 7.94. The van der Waals surface area contributed by atoms with Crippen LogP contribution >= 0.6 is 23.2 Å². The summed E-state index contributed by atoms with van der Waals surface area (Å²) in [6.07, 6.45) is 12.6. The normalized spacial score (nSPS) is 16.9.